The molecule has 0 saturated carbocycles. The first-order chi connectivity index (χ1) is 15.1. The molecule has 2 amide bonds. The lowest BCUT2D eigenvalue weighted by Crippen LogP contribution is -2.46. The summed E-state index contributed by atoms with van der Waals surface area (Å²) in [4.78, 5) is 38.7. The van der Waals surface area contributed by atoms with E-state index in [-0.39, 0.29) is 36.1 Å². The van der Waals surface area contributed by atoms with Crippen molar-refractivity contribution in [1.29, 1.82) is 0 Å². The lowest BCUT2D eigenvalue weighted by atomic mass is 10.0. The number of halogens is 3. The van der Waals surface area contributed by atoms with E-state index in [9.17, 15) is 27.6 Å². The molecule has 2 aromatic carbocycles. The van der Waals surface area contributed by atoms with Gasteiger partial charge in [0, 0.05) is 43.1 Å². The highest BCUT2D eigenvalue weighted by Crippen LogP contribution is 2.29. The minimum Gasteiger partial charge on any atom is -0.349 e. The van der Waals surface area contributed by atoms with Crippen molar-refractivity contribution in [3.05, 3.63) is 70.8 Å². The Morgan fingerprint density at radius 1 is 0.906 bits per heavy atom. The lowest BCUT2D eigenvalue weighted by molar-refractivity contribution is -0.137. The van der Waals surface area contributed by atoms with Gasteiger partial charge >= 0.3 is 6.18 Å². The van der Waals surface area contributed by atoms with Crippen molar-refractivity contribution in [2.45, 2.75) is 44.8 Å². The van der Waals surface area contributed by atoms with Gasteiger partial charge in [0.1, 0.15) is 0 Å². The smallest absolute Gasteiger partial charge is 0.349 e. The van der Waals surface area contributed by atoms with E-state index in [4.69, 9.17) is 0 Å². The number of aryl methyl sites for hydroxylation is 1. The number of carbonyl (C=O) groups is 3. The molecule has 170 valence electrons. The van der Waals surface area contributed by atoms with Crippen LogP contribution in [0.25, 0.3) is 0 Å². The number of piperidine rings is 1. The molecule has 0 spiro atoms. The largest absolute Gasteiger partial charge is 0.416 e. The number of Topliss-reactive ketones (excluding diaryl/α,β-unsaturated/α-hetero) is 1. The number of nitrogens with zero attached hydrogens (tertiary/aromatic N) is 1. The average Bonchev–Trinajstić information content (AvgIpc) is 2.77. The van der Waals surface area contributed by atoms with Crippen molar-refractivity contribution in [3.8, 4) is 0 Å². The van der Waals surface area contributed by atoms with Gasteiger partial charge in [-0.3, -0.25) is 14.4 Å². The van der Waals surface area contributed by atoms with Gasteiger partial charge in [-0.15, -0.1) is 0 Å². The molecule has 1 N–H and O–H groups in total. The number of nitrogens with one attached hydrogen (secondary N) is 1. The molecule has 1 aliphatic rings. The highest BCUT2D eigenvalue weighted by molar-refractivity contribution is 5.98. The summed E-state index contributed by atoms with van der Waals surface area (Å²) in [5.74, 6) is -0.609. The molecule has 0 unspecified atom stereocenters. The molecule has 3 rings (SSSR count). The summed E-state index contributed by atoms with van der Waals surface area (Å²) in [6.45, 7) is 2.85. The number of hydrogen-bond acceptors (Lipinski definition) is 3. The maximum atomic E-state index is 12.6. The minimum atomic E-state index is -4.45. The molecule has 0 bridgehead atoms. The quantitative estimate of drug-likeness (QED) is 0.669. The minimum absolute atomic E-state index is 0.0722. The third kappa shape index (κ3) is 6.18. The number of benzene rings is 2. The Bertz CT molecular complexity index is 961. The zero-order valence-electron chi connectivity index (χ0n) is 17.7. The molecule has 0 radical (unpaired) electrons. The van der Waals surface area contributed by atoms with E-state index in [1.54, 1.807) is 17.0 Å². The fraction of sp³-hybridized carbons (Fsp3) is 0.375. The van der Waals surface area contributed by atoms with Crippen LogP contribution in [0.2, 0.25) is 0 Å². The Hall–Kier alpha value is -3.16. The Morgan fingerprint density at radius 3 is 2.03 bits per heavy atom. The molecule has 1 saturated heterocycles. The molecule has 1 heterocycles. The first kappa shape index (κ1) is 23.5. The Kier molecular flexibility index (Phi) is 7.33. The van der Waals surface area contributed by atoms with Crippen LogP contribution in [0.1, 0.15) is 57.5 Å². The van der Waals surface area contributed by atoms with Crippen molar-refractivity contribution in [1.82, 2.24) is 10.2 Å². The van der Waals surface area contributed by atoms with Crippen LogP contribution in [-0.2, 0) is 11.0 Å². The van der Waals surface area contributed by atoms with Crippen molar-refractivity contribution < 1.29 is 27.6 Å². The fourth-order valence-corrected chi connectivity index (χ4v) is 3.61. The molecule has 0 aromatic heterocycles. The zero-order chi connectivity index (χ0) is 23.3. The molecule has 32 heavy (non-hydrogen) atoms. The number of ketones is 1. The van der Waals surface area contributed by atoms with Gasteiger partial charge in [0.05, 0.1) is 5.56 Å². The SMILES string of the molecule is Cc1ccc(C(=O)CCC(=O)N2CCC(NC(=O)c3ccc(C(F)(F)F)cc3)CC2)cc1. The van der Waals surface area contributed by atoms with Crippen molar-refractivity contribution in [3.63, 3.8) is 0 Å². The standard InChI is InChI=1S/C24H25F3N2O3/c1-16-2-4-17(5-3-16)21(30)10-11-22(31)29-14-12-20(13-15-29)28-23(32)18-6-8-19(9-7-18)24(25,26)27/h2-9,20H,10-15H2,1H3,(H,28,32). The van der Waals surface area contributed by atoms with Crippen LogP contribution in [-0.4, -0.2) is 41.6 Å². The molecule has 1 fully saturated rings. The topological polar surface area (TPSA) is 66.5 Å². The number of hydrogen-bond donors (Lipinski definition) is 1. The number of alkyl halides is 3. The number of rotatable bonds is 6. The van der Waals surface area contributed by atoms with Gasteiger partial charge in [0.15, 0.2) is 5.78 Å². The Labute approximate surface area is 184 Å². The van der Waals surface area contributed by atoms with Crippen molar-refractivity contribution in [2.75, 3.05) is 13.1 Å². The highest BCUT2D eigenvalue weighted by atomic mass is 19.4. The summed E-state index contributed by atoms with van der Waals surface area (Å²) in [5.41, 5.74) is 1.01. The molecule has 0 atom stereocenters. The first-order valence-electron chi connectivity index (χ1n) is 10.5. The molecule has 1 aliphatic heterocycles. The van der Waals surface area contributed by atoms with Crippen LogP contribution in [0.15, 0.2) is 48.5 Å². The van der Waals surface area contributed by atoms with E-state index in [0.29, 0.717) is 31.5 Å². The summed E-state index contributed by atoms with van der Waals surface area (Å²) in [6, 6.07) is 11.1. The van der Waals surface area contributed by atoms with E-state index < -0.39 is 17.6 Å². The van der Waals surface area contributed by atoms with Gasteiger partial charge in [-0.1, -0.05) is 29.8 Å². The summed E-state index contributed by atoms with van der Waals surface area (Å²) < 4.78 is 37.9. The van der Waals surface area contributed by atoms with Crippen LogP contribution in [0.3, 0.4) is 0 Å². The van der Waals surface area contributed by atoms with Crippen LogP contribution >= 0.6 is 0 Å². The number of amides is 2. The second-order valence-corrected chi connectivity index (χ2v) is 7.99. The summed E-state index contributed by atoms with van der Waals surface area (Å²) in [7, 11) is 0. The second kappa shape index (κ2) is 9.97. The van der Waals surface area contributed by atoms with E-state index in [2.05, 4.69) is 5.32 Å². The zero-order valence-corrected chi connectivity index (χ0v) is 17.7. The number of likely N-dealkylation sites (tertiary alicyclic amines) is 1. The fourth-order valence-electron chi connectivity index (χ4n) is 3.61. The maximum Gasteiger partial charge on any atom is 0.416 e. The van der Waals surface area contributed by atoms with Crippen LogP contribution in [0.5, 0.6) is 0 Å². The predicted molar refractivity (Wildman–Crippen MR) is 113 cm³/mol. The van der Waals surface area contributed by atoms with Gasteiger partial charge in [0.2, 0.25) is 5.91 Å². The van der Waals surface area contributed by atoms with Gasteiger partial charge < -0.3 is 10.2 Å². The number of carbonyl (C=O) groups excluding carboxylic acids is 3. The van der Waals surface area contributed by atoms with Crippen molar-refractivity contribution >= 4 is 17.6 Å². The van der Waals surface area contributed by atoms with Crippen LogP contribution in [0, 0.1) is 6.92 Å². The van der Waals surface area contributed by atoms with Crippen LogP contribution in [0.4, 0.5) is 13.2 Å². The third-order valence-electron chi connectivity index (χ3n) is 5.60. The third-order valence-corrected chi connectivity index (χ3v) is 5.60. The monoisotopic (exact) mass is 446 g/mol. The van der Waals surface area contributed by atoms with E-state index in [0.717, 1.165) is 29.8 Å². The summed E-state index contributed by atoms with van der Waals surface area (Å²) >= 11 is 0. The van der Waals surface area contributed by atoms with E-state index >= 15 is 0 Å². The van der Waals surface area contributed by atoms with E-state index in [1.807, 2.05) is 19.1 Å². The molecule has 0 aliphatic carbocycles. The lowest BCUT2D eigenvalue weighted by Gasteiger charge is -2.32. The maximum absolute atomic E-state index is 12.6. The average molecular weight is 446 g/mol. The van der Waals surface area contributed by atoms with E-state index in [1.165, 1.54) is 0 Å². The molecule has 8 heteroatoms. The van der Waals surface area contributed by atoms with Gasteiger partial charge in [-0.2, -0.15) is 13.2 Å². The second-order valence-electron chi connectivity index (χ2n) is 7.99. The molecular weight excluding hydrogens is 421 g/mol. The predicted octanol–water partition coefficient (Wildman–Crippen LogP) is 4.40. The Morgan fingerprint density at radius 2 is 1.47 bits per heavy atom. The summed E-state index contributed by atoms with van der Waals surface area (Å²) in [6.07, 6.45) is -3.07. The van der Waals surface area contributed by atoms with Crippen molar-refractivity contribution in [2.24, 2.45) is 0 Å². The van der Waals surface area contributed by atoms with Gasteiger partial charge in [0.25, 0.3) is 5.91 Å². The van der Waals surface area contributed by atoms with Crippen LogP contribution < -0.4 is 5.32 Å². The Balaban J connectivity index is 1.43. The van der Waals surface area contributed by atoms with Gasteiger partial charge in [-0.05, 0) is 44.0 Å². The highest BCUT2D eigenvalue weighted by Gasteiger charge is 2.30. The molecular formula is C24H25F3N2O3. The molecule has 5 nitrogen and oxygen atoms in total. The normalized spacial score (nSPS) is 14.8. The summed E-state index contributed by atoms with van der Waals surface area (Å²) in [5, 5.41) is 2.82. The van der Waals surface area contributed by atoms with Gasteiger partial charge in [-0.25, -0.2) is 0 Å². The first-order valence-corrected chi connectivity index (χ1v) is 10.5. The molecule has 2 aromatic rings.